The highest BCUT2D eigenvalue weighted by atomic mass is 16.5. The first-order valence-corrected chi connectivity index (χ1v) is 7.64. The van der Waals surface area contributed by atoms with Crippen molar-refractivity contribution in [1.82, 2.24) is 14.9 Å². The van der Waals surface area contributed by atoms with Gasteiger partial charge in [-0.15, -0.1) is 0 Å². The fraction of sp³-hybridized carbons (Fsp3) is 0.353. The second-order valence-corrected chi connectivity index (χ2v) is 5.80. The third-order valence-electron chi connectivity index (χ3n) is 3.67. The largest absolute Gasteiger partial charge is 0.497 e. The van der Waals surface area contributed by atoms with Crippen molar-refractivity contribution in [1.29, 1.82) is 0 Å². The van der Waals surface area contributed by atoms with Crippen molar-refractivity contribution >= 4 is 5.91 Å². The number of hydrogen-bond donors (Lipinski definition) is 2. The van der Waals surface area contributed by atoms with Gasteiger partial charge in [0.15, 0.2) is 0 Å². The molecule has 2 rings (SSSR count). The van der Waals surface area contributed by atoms with Crippen LogP contribution in [-0.4, -0.2) is 22.6 Å². The molecule has 7 nitrogen and oxygen atoms in total. The van der Waals surface area contributed by atoms with E-state index in [-0.39, 0.29) is 24.4 Å². The third-order valence-corrected chi connectivity index (χ3v) is 3.67. The standard InChI is InChI=1S/C17H21N3O4/c1-11(2)16(12-4-6-13(24-3)7-5-12)18-15(22)10-20-9-8-14(21)19-17(20)23/h4-9,11,16H,10H2,1-3H3,(H,18,22)(H,19,21,23). The van der Waals surface area contributed by atoms with Gasteiger partial charge in [-0.05, 0) is 23.6 Å². The highest BCUT2D eigenvalue weighted by molar-refractivity contribution is 5.76. The quantitative estimate of drug-likeness (QED) is 0.828. The Bertz CT molecular complexity index is 806. The van der Waals surface area contributed by atoms with Crippen LogP contribution < -0.4 is 21.3 Å². The Morgan fingerprint density at radius 3 is 2.42 bits per heavy atom. The summed E-state index contributed by atoms with van der Waals surface area (Å²) in [7, 11) is 1.60. The SMILES string of the molecule is COc1ccc(C(NC(=O)Cn2ccc(=O)[nH]c2=O)C(C)C)cc1. The molecule has 0 saturated carbocycles. The molecule has 0 aliphatic carbocycles. The van der Waals surface area contributed by atoms with Gasteiger partial charge in [-0.1, -0.05) is 26.0 Å². The highest BCUT2D eigenvalue weighted by Crippen LogP contribution is 2.23. The van der Waals surface area contributed by atoms with E-state index in [1.54, 1.807) is 7.11 Å². The van der Waals surface area contributed by atoms with E-state index in [9.17, 15) is 14.4 Å². The van der Waals surface area contributed by atoms with Gasteiger partial charge in [-0.3, -0.25) is 19.1 Å². The van der Waals surface area contributed by atoms with Gasteiger partial charge < -0.3 is 10.1 Å². The van der Waals surface area contributed by atoms with Crippen LogP contribution in [0.1, 0.15) is 25.5 Å². The Labute approximate surface area is 139 Å². The number of H-pyrrole nitrogens is 1. The number of nitrogens with one attached hydrogen (secondary N) is 2. The summed E-state index contributed by atoms with van der Waals surface area (Å²) in [5, 5.41) is 2.93. The Balaban J connectivity index is 2.13. The first-order chi connectivity index (χ1) is 11.4. The van der Waals surface area contributed by atoms with Gasteiger partial charge in [0.25, 0.3) is 5.56 Å². The van der Waals surface area contributed by atoms with Crippen LogP contribution in [0.25, 0.3) is 0 Å². The molecular formula is C17H21N3O4. The summed E-state index contributed by atoms with van der Waals surface area (Å²) in [6.07, 6.45) is 1.30. The van der Waals surface area contributed by atoms with Crippen molar-refractivity contribution in [3.05, 3.63) is 62.9 Å². The summed E-state index contributed by atoms with van der Waals surface area (Å²) in [5.41, 5.74) is -0.147. The van der Waals surface area contributed by atoms with Gasteiger partial charge in [0.1, 0.15) is 12.3 Å². The third kappa shape index (κ3) is 4.34. The molecule has 2 aromatic rings. The van der Waals surface area contributed by atoms with Crippen molar-refractivity contribution < 1.29 is 9.53 Å². The summed E-state index contributed by atoms with van der Waals surface area (Å²) in [5.74, 6) is 0.598. The number of aromatic amines is 1. The summed E-state index contributed by atoms with van der Waals surface area (Å²) >= 11 is 0. The van der Waals surface area contributed by atoms with E-state index in [0.717, 1.165) is 15.9 Å². The molecule has 24 heavy (non-hydrogen) atoms. The molecule has 1 atom stereocenters. The van der Waals surface area contributed by atoms with Crippen LogP contribution in [0.5, 0.6) is 5.75 Å². The van der Waals surface area contributed by atoms with Gasteiger partial charge >= 0.3 is 5.69 Å². The maximum Gasteiger partial charge on any atom is 0.328 e. The van der Waals surface area contributed by atoms with Crippen LogP contribution in [0.4, 0.5) is 0 Å². The van der Waals surface area contributed by atoms with E-state index < -0.39 is 11.2 Å². The van der Waals surface area contributed by atoms with Crippen LogP contribution in [0, 0.1) is 5.92 Å². The maximum atomic E-state index is 12.3. The maximum absolute atomic E-state index is 12.3. The molecule has 0 saturated heterocycles. The van der Waals surface area contributed by atoms with E-state index in [1.165, 1.54) is 12.3 Å². The number of nitrogens with zero attached hydrogens (tertiary/aromatic N) is 1. The molecule has 0 radical (unpaired) electrons. The molecule has 1 unspecified atom stereocenters. The van der Waals surface area contributed by atoms with Gasteiger partial charge in [0, 0.05) is 12.3 Å². The molecule has 1 heterocycles. The molecular weight excluding hydrogens is 310 g/mol. The minimum Gasteiger partial charge on any atom is -0.497 e. The topological polar surface area (TPSA) is 93.2 Å². The molecule has 2 N–H and O–H groups in total. The predicted octanol–water partition coefficient (Wildman–Crippen LogP) is 1.06. The highest BCUT2D eigenvalue weighted by Gasteiger charge is 2.18. The average Bonchev–Trinajstić information content (AvgIpc) is 2.55. The lowest BCUT2D eigenvalue weighted by molar-refractivity contribution is -0.122. The van der Waals surface area contributed by atoms with Gasteiger partial charge in [0.05, 0.1) is 13.2 Å². The predicted molar refractivity (Wildman–Crippen MR) is 90.0 cm³/mol. The van der Waals surface area contributed by atoms with Crippen molar-refractivity contribution in [2.24, 2.45) is 5.92 Å². The number of benzene rings is 1. The summed E-state index contributed by atoms with van der Waals surface area (Å²) in [6, 6.07) is 8.48. The molecule has 0 bridgehead atoms. The van der Waals surface area contributed by atoms with Crippen LogP contribution in [0.2, 0.25) is 0 Å². The van der Waals surface area contributed by atoms with Gasteiger partial charge in [-0.25, -0.2) is 4.79 Å². The lowest BCUT2D eigenvalue weighted by Gasteiger charge is -2.23. The zero-order chi connectivity index (χ0) is 17.7. The Morgan fingerprint density at radius 1 is 1.21 bits per heavy atom. The number of rotatable bonds is 6. The molecule has 7 heteroatoms. The number of aromatic nitrogens is 2. The van der Waals surface area contributed by atoms with E-state index >= 15 is 0 Å². The molecule has 0 spiro atoms. The number of amides is 1. The van der Waals surface area contributed by atoms with Gasteiger partial charge in [-0.2, -0.15) is 0 Å². The number of hydrogen-bond acceptors (Lipinski definition) is 4. The average molecular weight is 331 g/mol. The van der Waals surface area contributed by atoms with Crippen molar-refractivity contribution in [2.45, 2.75) is 26.4 Å². The Kier molecular flexibility index (Phi) is 5.57. The number of ether oxygens (including phenoxy) is 1. The Hall–Kier alpha value is -2.83. The van der Waals surface area contributed by atoms with E-state index in [2.05, 4.69) is 10.3 Å². The fourth-order valence-corrected chi connectivity index (χ4v) is 2.39. The summed E-state index contributed by atoms with van der Waals surface area (Å²) in [6.45, 7) is 3.84. The first-order valence-electron chi connectivity index (χ1n) is 7.64. The zero-order valence-corrected chi connectivity index (χ0v) is 13.9. The van der Waals surface area contributed by atoms with Crippen molar-refractivity contribution in [3.63, 3.8) is 0 Å². The molecule has 1 aromatic heterocycles. The smallest absolute Gasteiger partial charge is 0.328 e. The second-order valence-electron chi connectivity index (χ2n) is 5.80. The number of carbonyl (C=O) groups is 1. The van der Waals surface area contributed by atoms with E-state index in [4.69, 9.17) is 4.74 Å². The summed E-state index contributed by atoms with van der Waals surface area (Å²) in [4.78, 5) is 37.1. The lowest BCUT2D eigenvalue weighted by Crippen LogP contribution is -2.38. The molecule has 0 aliphatic rings. The lowest BCUT2D eigenvalue weighted by atomic mass is 9.96. The molecule has 0 aliphatic heterocycles. The molecule has 128 valence electrons. The monoisotopic (exact) mass is 331 g/mol. The Morgan fingerprint density at radius 2 is 1.88 bits per heavy atom. The number of methoxy groups -OCH3 is 1. The normalized spacial score (nSPS) is 12.0. The van der Waals surface area contributed by atoms with Crippen LogP contribution in [0.15, 0.2) is 46.1 Å². The van der Waals surface area contributed by atoms with Crippen molar-refractivity contribution in [3.8, 4) is 5.75 Å². The fourth-order valence-electron chi connectivity index (χ4n) is 2.39. The van der Waals surface area contributed by atoms with E-state index in [0.29, 0.717) is 0 Å². The molecule has 1 aromatic carbocycles. The number of carbonyl (C=O) groups excluding carboxylic acids is 1. The van der Waals surface area contributed by atoms with Crippen LogP contribution in [0.3, 0.4) is 0 Å². The van der Waals surface area contributed by atoms with Crippen LogP contribution in [-0.2, 0) is 11.3 Å². The minimum atomic E-state index is -0.608. The minimum absolute atomic E-state index is 0.158. The van der Waals surface area contributed by atoms with E-state index in [1.807, 2.05) is 38.1 Å². The second kappa shape index (κ2) is 7.63. The molecule has 0 fully saturated rings. The summed E-state index contributed by atoms with van der Waals surface area (Å²) < 4.78 is 6.29. The zero-order valence-electron chi connectivity index (χ0n) is 13.9. The molecule has 1 amide bonds. The van der Waals surface area contributed by atoms with Gasteiger partial charge in [0.2, 0.25) is 5.91 Å². The van der Waals surface area contributed by atoms with Crippen LogP contribution >= 0.6 is 0 Å². The first kappa shape index (κ1) is 17.5. The van der Waals surface area contributed by atoms with Crippen molar-refractivity contribution in [2.75, 3.05) is 7.11 Å².